The number of ether oxygens (including phenoxy) is 1. The van der Waals surface area contributed by atoms with E-state index in [0.29, 0.717) is 19.1 Å². The van der Waals surface area contributed by atoms with Crippen LogP contribution in [-0.4, -0.2) is 37.2 Å². The highest BCUT2D eigenvalue weighted by Crippen LogP contribution is 2.37. The summed E-state index contributed by atoms with van der Waals surface area (Å²) in [5, 5.41) is 13.5. The summed E-state index contributed by atoms with van der Waals surface area (Å²) < 4.78 is 5.20. The largest absolute Gasteiger partial charge is 0.396 e. The molecule has 1 aliphatic heterocycles. The highest BCUT2D eigenvalue weighted by atomic mass is 35.5. The van der Waals surface area contributed by atoms with Crippen LogP contribution in [0, 0.1) is 0 Å². The van der Waals surface area contributed by atoms with Crippen molar-refractivity contribution in [3.8, 4) is 0 Å². The van der Waals surface area contributed by atoms with E-state index in [9.17, 15) is 0 Å². The van der Waals surface area contributed by atoms with Crippen LogP contribution in [0.25, 0.3) is 0 Å². The number of nitrogens with one attached hydrogen (secondary N) is 1. The SMILES string of the molecule is COCC(CCO)NC1CCSc2ccc(Cl)cc21. The van der Waals surface area contributed by atoms with Gasteiger partial charge in [-0.05, 0) is 42.4 Å². The van der Waals surface area contributed by atoms with Crippen molar-refractivity contribution in [3.63, 3.8) is 0 Å². The van der Waals surface area contributed by atoms with Crippen LogP contribution in [0.3, 0.4) is 0 Å². The van der Waals surface area contributed by atoms with Crippen LogP contribution in [0.2, 0.25) is 5.02 Å². The fourth-order valence-corrected chi connectivity index (χ4v) is 3.68. The van der Waals surface area contributed by atoms with E-state index in [1.54, 1.807) is 7.11 Å². The number of aliphatic hydroxyl groups excluding tert-OH is 1. The molecule has 2 unspecified atom stereocenters. The molecule has 1 aromatic carbocycles. The van der Waals surface area contributed by atoms with Gasteiger partial charge in [-0.1, -0.05) is 11.6 Å². The predicted octanol–water partition coefficient (Wildman–Crippen LogP) is 2.86. The molecule has 0 amide bonds. The van der Waals surface area contributed by atoms with Crippen LogP contribution in [-0.2, 0) is 4.74 Å². The number of halogens is 1. The van der Waals surface area contributed by atoms with E-state index in [0.717, 1.165) is 17.2 Å². The molecule has 2 N–H and O–H groups in total. The lowest BCUT2D eigenvalue weighted by Crippen LogP contribution is -2.38. The molecule has 1 aromatic rings. The first-order chi connectivity index (χ1) is 9.24. The average molecular weight is 302 g/mol. The third kappa shape index (κ3) is 4.10. The lowest BCUT2D eigenvalue weighted by Gasteiger charge is -2.30. The van der Waals surface area contributed by atoms with Crippen molar-refractivity contribution in [3.05, 3.63) is 28.8 Å². The van der Waals surface area contributed by atoms with E-state index in [1.807, 2.05) is 23.9 Å². The molecule has 2 rings (SSSR count). The third-order valence-electron chi connectivity index (χ3n) is 3.29. The molecule has 0 aromatic heterocycles. The van der Waals surface area contributed by atoms with Crippen LogP contribution in [0.5, 0.6) is 0 Å². The molecular formula is C14H20ClNO2S. The molecule has 0 saturated heterocycles. The summed E-state index contributed by atoms with van der Waals surface area (Å²) in [7, 11) is 1.69. The molecular weight excluding hydrogens is 282 g/mol. The van der Waals surface area contributed by atoms with E-state index in [4.69, 9.17) is 21.4 Å². The second-order valence-electron chi connectivity index (χ2n) is 4.70. The van der Waals surface area contributed by atoms with E-state index in [-0.39, 0.29) is 12.6 Å². The Hall–Kier alpha value is -0.260. The Bertz CT molecular complexity index is 410. The van der Waals surface area contributed by atoms with Gasteiger partial charge in [-0.3, -0.25) is 0 Å². The smallest absolute Gasteiger partial charge is 0.0616 e. The molecule has 1 heterocycles. The molecule has 2 atom stereocenters. The Morgan fingerprint density at radius 3 is 3.16 bits per heavy atom. The Labute approximate surface area is 123 Å². The number of thioether (sulfide) groups is 1. The van der Waals surface area contributed by atoms with Crippen molar-refractivity contribution in [1.29, 1.82) is 0 Å². The van der Waals surface area contributed by atoms with Gasteiger partial charge in [0.05, 0.1) is 6.61 Å². The Morgan fingerprint density at radius 2 is 2.42 bits per heavy atom. The van der Waals surface area contributed by atoms with Gasteiger partial charge >= 0.3 is 0 Å². The zero-order valence-corrected chi connectivity index (χ0v) is 12.6. The molecule has 0 spiro atoms. The molecule has 106 valence electrons. The van der Waals surface area contributed by atoms with Gasteiger partial charge in [0.2, 0.25) is 0 Å². The summed E-state index contributed by atoms with van der Waals surface area (Å²) in [5.41, 5.74) is 1.27. The molecule has 0 fully saturated rings. The number of aliphatic hydroxyl groups is 1. The normalized spacial score (nSPS) is 20.1. The van der Waals surface area contributed by atoms with Gasteiger partial charge in [-0.15, -0.1) is 11.8 Å². The second kappa shape index (κ2) is 7.50. The van der Waals surface area contributed by atoms with E-state index >= 15 is 0 Å². The standard InChI is InChI=1S/C14H20ClNO2S/c1-18-9-11(4-6-17)16-13-5-7-19-14-3-2-10(15)8-12(13)14/h2-3,8,11,13,16-17H,4-7,9H2,1H3. The lowest BCUT2D eigenvalue weighted by atomic mass is 10.0. The molecule has 3 nitrogen and oxygen atoms in total. The molecule has 0 aliphatic carbocycles. The molecule has 0 saturated carbocycles. The van der Waals surface area contributed by atoms with Gasteiger partial charge in [0.25, 0.3) is 0 Å². The van der Waals surface area contributed by atoms with Gasteiger partial charge in [0.15, 0.2) is 0 Å². The van der Waals surface area contributed by atoms with Gasteiger partial charge in [0.1, 0.15) is 0 Å². The number of methoxy groups -OCH3 is 1. The zero-order valence-electron chi connectivity index (χ0n) is 11.1. The second-order valence-corrected chi connectivity index (χ2v) is 6.28. The Morgan fingerprint density at radius 1 is 1.58 bits per heavy atom. The third-order valence-corrected chi connectivity index (χ3v) is 4.65. The van der Waals surface area contributed by atoms with Crippen LogP contribution in [0.1, 0.15) is 24.4 Å². The quantitative estimate of drug-likeness (QED) is 0.848. The minimum atomic E-state index is 0.172. The van der Waals surface area contributed by atoms with Crippen LogP contribution < -0.4 is 5.32 Å². The van der Waals surface area contributed by atoms with Crippen molar-refractivity contribution in [2.24, 2.45) is 0 Å². The van der Waals surface area contributed by atoms with E-state index < -0.39 is 0 Å². The first-order valence-corrected chi connectivity index (χ1v) is 7.89. The average Bonchev–Trinajstić information content (AvgIpc) is 2.40. The van der Waals surface area contributed by atoms with E-state index in [2.05, 4.69) is 11.4 Å². The van der Waals surface area contributed by atoms with Gasteiger partial charge < -0.3 is 15.2 Å². The maximum Gasteiger partial charge on any atom is 0.0616 e. The molecule has 0 bridgehead atoms. The number of benzene rings is 1. The van der Waals surface area contributed by atoms with Crippen molar-refractivity contribution in [2.45, 2.75) is 29.8 Å². The zero-order chi connectivity index (χ0) is 13.7. The Balaban J connectivity index is 2.11. The van der Waals surface area contributed by atoms with Crippen molar-refractivity contribution >= 4 is 23.4 Å². The summed E-state index contributed by atoms with van der Waals surface area (Å²) in [6.07, 6.45) is 1.77. The number of rotatable bonds is 6. The summed E-state index contributed by atoms with van der Waals surface area (Å²) in [6.45, 7) is 0.783. The summed E-state index contributed by atoms with van der Waals surface area (Å²) in [5.74, 6) is 1.10. The van der Waals surface area contributed by atoms with Crippen molar-refractivity contribution < 1.29 is 9.84 Å². The van der Waals surface area contributed by atoms with Crippen molar-refractivity contribution in [1.82, 2.24) is 5.32 Å². The summed E-state index contributed by atoms with van der Waals surface area (Å²) in [6, 6.07) is 6.55. The van der Waals surface area contributed by atoms with E-state index in [1.165, 1.54) is 10.5 Å². The first-order valence-electron chi connectivity index (χ1n) is 6.52. The van der Waals surface area contributed by atoms with Gasteiger partial charge in [-0.25, -0.2) is 0 Å². The topological polar surface area (TPSA) is 41.5 Å². The molecule has 0 radical (unpaired) electrons. The van der Waals surface area contributed by atoms with Crippen LogP contribution >= 0.6 is 23.4 Å². The van der Waals surface area contributed by atoms with Gasteiger partial charge in [0, 0.05) is 35.7 Å². The number of fused-ring (bicyclic) bond motifs is 1. The monoisotopic (exact) mass is 301 g/mol. The van der Waals surface area contributed by atoms with Crippen LogP contribution in [0.4, 0.5) is 0 Å². The molecule has 19 heavy (non-hydrogen) atoms. The van der Waals surface area contributed by atoms with Gasteiger partial charge in [-0.2, -0.15) is 0 Å². The lowest BCUT2D eigenvalue weighted by molar-refractivity contribution is 0.141. The first kappa shape index (κ1) is 15.1. The van der Waals surface area contributed by atoms with Crippen LogP contribution in [0.15, 0.2) is 23.1 Å². The van der Waals surface area contributed by atoms with Crippen molar-refractivity contribution in [2.75, 3.05) is 26.1 Å². The number of hydrogen-bond donors (Lipinski definition) is 2. The maximum absolute atomic E-state index is 9.11. The highest BCUT2D eigenvalue weighted by Gasteiger charge is 2.23. The predicted molar refractivity (Wildman–Crippen MR) is 80.0 cm³/mol. The minimum absolute atomic E-state index is 0.172. The minimum Gasteiger partial charge on any atom is -0.396 e. The summed E-state index contributed by atoms with van der Waals surface area (Å²) >= 11 is 7.97. The fourth-order valence-electron chi connectivity index (χ4n) is 2.39. The molecule has 5 heteroatoms. The fraction of sp³-hybridized carbons (Fsp3) is 0.571. The Kier molecular flexibility index (Phi) is 5.98. The number of hydrogen-bond acceptors (Lipinski definition) is 4. The summed E-state index contributed by atoms with van der Waals surface area (Å²) in [4.78, 5) is 1.30. The molecule has 1 aliphatic rings. The maximum atomic E-state index is 9.11. The highest BCUT2D eigenvalue weighted by molar-refractivity contribution is 7.99.